The van der Waals surface area contributed by atoms with Crippen molar-refractivity contribution in [3.05, 3.63) is 77.9 Å². The number of fused-ring (bicyclic) bond motifs is 1. The molecule has 0 atom stereocenters. The van der Waals surface area contributed by atoms with Gasteiger partial charge in [0.25, 0.3) is 0 Å². The molecule has 4 rings (SSSR count). The molecule has 1 aliphatic heterocycles. The molecule has 0 bridgehead atoms. The Morgan fingerprint density at radius 1 is 1.03 bits per heavy atom. The van der Waals surface area contributed by atoms with E-state index in [9.17, 15) is 23.1 Å². The van der Waals surface area contributed by atoms with Gasteiger partial charge < -0.3 is 14.7 Å². The maximum Gasteiger partial charge on any atom is 0.413 e. The van der Waals surface area contributed by atoms with Gasteiger partial charge in [0.1, 0.15) is 12.4 Å². The van der Waals surface area contributed by atoms with Crippen molar-refractivity contribution in [2.24, 2.45) is 4.99 Å². The molecule has 1 N–H and O–H groups in total. The molecule has 0 aliphatic carbocycles. The summed E-state index contributed by atoms with van der Waals surface area (Å²) >= 11 is 0. The van der Waals surface area contributed by atoms with Gasteiger partial charge in [-0.05, 0) is 17.0 Å². The molecular formula is C27H30N4O6S. The number of rotatable bonds is 10. The Labute approximate surface area is 221 Å². The molecule has 0 aromatic heterocycles. The number of aliphatic imine (C=N–C) groups is 1. The molecule has 0 unspecified atom stereocenters. The molecule has 11 heteroatoms. The summed E-state index contributed by atoms with van der Waals surface area (Å²) in [4.78, 5) is 31.1. The molecule has 2 amide bonds. The highest BCUT2D eigenvalue weighted by Crippen LogP contribution is 2.25. The first-order chi connectivity index (χ1) is 18.2. The van der Waals surface area contributed by atoms with Crippen LogP contribution in [0.3, 0.4) is 0 Å². The third-order valence-electron chi connectivity index (χ3n) is 6.34. The van der Waals surface area contributed by atoms with Crippen LogP contribution >= 0.6 is 0 Å². The molecule has 10 nitrogen and oxygen atoms in total. The van der Waals surface area contributed by atoms with Crippen molar-refractivity contribution in [3.63, 3.8) is 0 Å². The Morgan fingerprint density at radius 2 is 1.74 bits per heavy atom. The fourth-order valence-corrected chi connectivity index (χ4v) is 5.54. The summed E-state index contributed by atoms with van der Waals surface area (Å²) in [5.41, 5.74) is 1.57. The van der Waals surface area contributed by atoms with Crippen LogP contribution in [0.2, 0.25) is 0 Å². The van der Waals surface area contributed by atoms with E-state index in [0.29, 0.717) is 36.4 Å². The molecule has 3 aromatic carbocycles. The predicted molar refractivity (Wildman–Crippen MR) is 144 cm³/mol. The Balaban J connectivity index is 1.25. The van der Waals surface area contributed by atoms with Crippen LogP contribution < -0.4 is 0 Å². The molecule has 0 saturated carbocycles. The summed E-state index contributed by atoms with van der Waals surface area (Å²) in [6, 6.07) is 19.7. The number of hydrogen-bond acceptors (Lipinski definition) is 6. The first-order valence-corrected chi connectivity index (χ1v) is 13.5. The number of carbonyl (C=O) groups excluding carboxylic acids is 1. The SMILES string of the molecule is CN(Cc1ccc(C2=NCCN2C(=O)O)cc1)C(=O)COCCN(C)S(=O)(=O)c1cccc2ccccc12. The van der Waals surface area contributed by atoms with E-state index < -0.39 is 16.1 Å². The standard InChI is InChI=1S/C27H30N4O6S/c1-29(18-20-10-12-22(13-11-20)26-28-14-15-31(26)27(33)34)25(32)19-37-17-16-30(2)38(35,36)24-9-5-7-21-6-3-4-8-23(21)24/h3-13H,14-19H2,1-2H3,(H,33,34). The van der Waals surface area contributed by atoms with Crippen LogP contribution in [0.1, 0.15) is 11.1 Å². The van der Waals surface area contributed by atoms with Gasteiger partial charge in [0.2, 0.25) is 15.9 Å². The number of amidine groups is 1. The Kier molecular flexibility index (Phi) is 8.40. The largest absolute Gasteiger partial charge is 0.465 e. The fraction of sp³-hybridized carbons (Fsp3) is 0.296. The summed E-state index contributed by atoms with van der Waals surface area (Å²) in [6.45, 7) is 1.10. The highest BCUT2D eigenvalue weighted by atomic mass is 32.2. The highest BCUT2D eigenvalue weighted by molar-refractivity contribution is 7.89. The number of amides is 2. The highest BCUT2D eigenvalue weighted by Gasteiger charge is 2.25. The van der Waals surface area contributed by atoms with Crippen LogP contribution in [0.4, 0.5) is 4.79 Å². The van der Waals surface area contributed by atoms with Crippen LogP contribution in [0.25, 0.3) is 10.8 Å². The smallest absolute Gasteiger partial charge is 0.413 e. The van der Waals surface area contributed by atoms with Crippen LogP contribution in [0.5, 0.6) is 0 Å². The fourth-order valence-electron chi connectivity index (χ4n) is 4.17. The quantitative estimate of drug-likeness (QED) is 0.397. The van der Waals surface area contributed by atoms with Crippen LogP contribution in [0.15, 0.2) is 76.6 Å². The first kappa shape index (κ1) is 27.2. The van der Waals surface area contributed by atoms with Crippen LogP contribution in [-0.4, -0.2) is 92.4 Å². The summed E-state index contributed by atoms with van der Waals surface area (Å²) in [5, 5.41) is 10.8. The summed E-state index contributed by atoms with van der Waals surface area (Å²) in [7, 11) is -0.580. The number of nitrogens with zero attached hydrogens (tertiary/aromatic N) is 4. The van der Waals surface area contributed by atoms with Crippen molar-refractivity contribution in [2.75, 3.05) is 46.9 Å². The van der Waals surface area contributed by atoms with Crippen molar-refractivity contribution in [1.82, 2.24) is 14.1 Å². The van der Waals surface area contributed by atoms with Crippen molar-refractivity contribution >= 4 is 38.6 Å². The average Bonchev–Trinajstić information content (AvgIpc) is 3.41. The molecule has 0 fully saturated rings. The molecule has 0 radical (unpaired) electrons. The number of likely N-dealkylation sites (N-methyl/N-ethyl adjacent to an activating group) is 2. The van der Waals surface area contributed by atoms with E-state index in [1.807, 2.05) is 30.3 Å². The van der Waals surface area contributed by atoms with Crippen molar-refractivity contribution < 1.29 is 27.9 Å². The Morgan fingerprint density at radius 3 is 2.47 bits per heavy atom. The molecule has 0 saturated heterocycles. The van der Waals surface area contributed by atoms with Gasteiger partial charge in [-0.2, -0.15) is 4.31 Å². The van der Waals surface area contributed by atoms with Gasteiger partial charge in [-0.25, -0.2) is 13.2 Å². The van der Waals surface area contributed by atoms with Crippen LogP contribution in [0, 0.1) is 0 Å². The maximum absolute atomic E-state index is 13.1. The van der Waals surface area contributed by atoms with Gasteiger partial charge >= 0.3 is 6.09 Å². The van der Waals surface area contributed by atoms with Gasteiger partial charge in [-0.3, -0.25) is 14.7 Å². The zero-order valence-electron chi connectivity index (χ0n) is 21.3. The number of sulfonamides is 1. The molecular weight excluding hydrogens is 508 g/mol. The first-order valence-electron chi connectivity index (χ1n) is 12.1. The molecule has 200 valence electrons. The molecule has 1 heterocycles. The predicted octanol–water partition coefficient (Wildman–Crippen LogP) is 2.88. The number of hydrogen-bond donors (Lipinski definition) is 1. The molecule has 1 aliphatic rings. The van der Waals surface area contributed by atoms with E-state index in [-0.39, 0.29) is 30.6 Å². The van der Waals surface area contributed by atoms with E-state index in [0.717, 1.165) is 10.9 Å². The van der Waals surface area contributed by atoms with Gasteiger partial charge in [0.05, 0.1) is 24.6 Å². The van der Waals surface area contributed by atoms with Gasteiger partial charge in [0, 0.05) is 38.1 Å². The van der Waals surface area contributed by atoms with Crippen molar-refractivity contribution in [1.29, 1.82) is 0 Å². The second-order valence-corrected chi connectivity index (χ2v) is 11.0. The summed E-state index contributed by atoms with van der Waals surface area (Å²) in [5.74, 6) is 0.181. The Hall–Kier alpha value is -3.80. The molecule has 38 heavy (non-hydrogen) atoms. The van der Waals surface area contributed by atoms with Gasteiger partial charge in [0.15, 0.2) is 0 Å². The zero-order valence-corrected chi connectivity index (χ0v) is 22.1. The molecule has 0 spiro atoms. The van der Waals surface area contributed by atoms with Gasteiger partial charge in [-0.1, -0.05) is 60.7 Å². The lowest BCUT2D eigenvalue weighted by Crippen LogP contribution is -2.33. The minimum absolute atomic E-state index is 0.0664. The van der Waals surface area contributed by atoms with E-state index in [1.54, 1.807) is 43.4 Å². The van der Waals surface area contributed by atoms with E-state index in [4.69, 9.17) is 4.74 Å². The molecule has 3 aromatic rings. The normalized spacial score (nSPS) is 13.7. The van der Waals surface area contributed by atoms with Crippen molar-refractivity contribution in [2.45, 2.75) is 11.4 Å². The Bertz CT molecular complexity index is 1450. The third-order valence-corrected chi connectivity index (χ3v) is 8.26. The van der Waals surface area contributed by atoms with Crippen LogP contribution in [-0.2, 0) is 26.1 Å². The third kappa shape index (κ3) is 6.01. The zero-order chi connectivity index (χ0) is 27.3. The average molecular weight is 539 g/mol. The number of carboxylic acid groups (broad SMARTS) is 1. The monoisotopic (exact) mass is 538 g/mol. The lowest BCUT2D eigenvalue weighted by Gasteiger charge is -2.20. The lowest BCUT2D eigenvalue weighted by molar-refractivity contribution is -0.135. The maximum atomic E-state index is 13.1. The topological polar surface area (TPSA) is 120 Å². The second-order valence-electron chi connectivity index (χ2n) is 8.94. The van der Waals surface area contributed by atoms with E-state index >= 15 is 0 Å². The minimum Gasteiger partial charge on any atom is -0.465 e. The van der Waals surface area contributed by atoms with E-state index in [2.05, 4.69) is 4.99 Å². The number of carbonyl (C=O) groups is 2. The van der Waals surface area contributed by atoms with Crippen molar-refractivity contribution in [3.8, 4) is 0 Å². The number of benzene rings is 3. The lowest BCUT2D eigenvalue weighted by atomic mass is 10.1. The summed E-state index contributed by atoms with van der Waals surface area (Å²) < 4.78 is 32.9. The summed E-state index contributed by atoms with van der Waals surface area (Å²) in [6.07, 6.45) is -1.03. The number of ether oxygens (including phenoxy) is 1. The van der Waals surface area contributed by atoms with Gasteiger partial charge in [-0.15, -0.1) is 0 Å². The minimum atomic E-state index is -3.73. The van der Waals surface area contributed by atoms with E-state index in [1.165, 1.54) is 21.2 Å². The second kappa shape index (κ2) is 11.7.